The van der Waals surface area contributed by atoms with Gasteiger partial charge in [-0.05, 0) is 19.1 Å². The van der Waals surface area contributed by atoms with Gasteiger partial charge < -0.3 is 9.15 Å². The van der Waals surface area contributed by atoms with Gasteiger partial charge in [-0.3, -0.25) is 9.69 Å². The fourth-order valence-corrected chi connectivity index (χ4v) is 2.89. The van der Waals surface area contributed by atoms with Crippen molar-refractivity contribution in [1.29, 1.82) is 0 Å². The van der Waals surface area contributed by atoms with Crippen molar-refractivity contribution < 1.29 is 13.9 Å². The van der Waals surface area contributed by atoms with E-state index in [9.17, 15) is 4.79 Å². The third-order valence-electron chi connectivity index (χ3n) is 4.04. The molecule has 0 radical (unpaired) electrons. The van der Waals surface area contributed by atoms with Gasteiger partial charge in [0.25, 0.3) is 5.91 Å². The summed E-state index contributed by atoms with van der Waals surface area (Å²) in [6.45, 7) is 4.46. The Morgan fingerprint density at radius 1 is 1.08 bits per heavy atom. The minimum absolute atomic E-state index is 0.217. The van der Waals surface area contributed by atoms with E-state index in [1.54, 1.807) is 11.8 Å². The van der Waals surface area contributed by atoms with E-state index in [0.717, 1.165) is 11.3 Å². The molecule has 0 saturated heterocycles. The molecule has 0 atom stereocenters. The monoisotopic (exact) mass is 335 g/mol. The second-order valence-electron chi connectivity index (χ2n) is 5.86. The van der Waals surface area contributed by atoms with Crippen LogP contribution in [0.2, 0.25) is 0 Å². The number of amides is 1. The number of pyridine rings is 1. The Labute approximate surface area is 145 Å². The van der Waals surface area contributed by atoms with Gasteiger partial charge in [-0.1, -0.05) is 30.3 Å². The first-order valence-electron chi connectivity index (χ1n) is 8.08. The van der Waals surface area contributed by atoms with Crippen LogP contribution in [0.5, 0.6) is 5.88 Å². The highest BCUT2D eigenvalue weighted by atomic mass is 16.5. The number of fused-ring (bicyclic) bond motifs is 1. The standard InChI is InChI=1S/C19H17N3O3/c1-12-8-9-15-18(20-12)24-11-10-22(15)19(23)16-17(25-13(2)21-16)14-6-4-3-5-7-14/h3-9H,10-11H2,1-2H3. The van der Waals surface area contributed by atoms with Crippen LogP contribution in [-0.4, -0.2) is 29.0 Å². The summed E-state index contributed by atoms with van der Waals surface area (Å²) in [4.78, 5) is 23.5. The Morgan fingerprint density at radius 2 is 1.88 bits per heavy atom. The predicted molar refractivity (Wildman–Crippen MR) is 92.8 cm³/mol. The SMILES string of the molecule is Cc1ccc2c(n1)OCCN2C(=O)c1nc(C)oc1-c1ccccc1. The molecule has 0 unspecified atom stereocenters. The lowest BCUT2D eigenvalue weighted by molar-refractivity contribution is 0.0971. The molecule has 0 spiro atoms. The van der Waals surface area contributed by atoms with Crippen LogP contribution in [0.4, 0.5) is 5.69 Å². The topological polar surface area (TPSA) is 68.5 Å². The molecular formula is C19H17N3O3. The molecule has 126 valence electrons. The minimum atomic E-state index is -0.217. The number of anilines is 1. The molecule has 6 heteroatoms. The third-order valence-corrected chi connectivity index (χ3v) is 4.04. The van der Waals surface area contributed by atoms with Gasteiger partial charge >= 0.3 is 0 Å². The number of hydrogen-bond acceptors (Lipinski definition) is 5. The summed E-state index contributed by atoms with van der Waals surface area (Å²) in [5.41, 5.74) is 2.62. The van der Waals surface area contributed by atoms with E-state index >= 15 is 0 Å². The lowest BCUT2D eigenvalue weighted by Gasteiger charge is -2.28. The van der Waals surface area contributed by atoms with E-state index < -0.39 is 0 Å². The Balaban J connectivity index is 1.77. The van der Waals surface area contributed by atoms with Gasteiger partial charge in [0.1, 0.15) is 12.3 Å². The van der Waals surface area contributed by atoms with Gasteiger partial charge in [0.2, 0.25) is 5.88 Å². The number of aryl methyl sites for hydroxylation is 2. The summed E-state index contributed by atoms with van der Waals surface area (Å²) < 4.78 is 11.3. The molecule has 2 aromatic heterocycles. The van der Waals surface area contributed by atoms with Crippen LogP contribution in [0.3, 0.4) is 0 Å². The highest BCUT2D eigenvalue weighted by Gasteiger charge is 2.30. The second-order valence-corrected chi connectivity index (χ2v) is 5.86. The van der Waals surface area contributed by atoms with Crippen molar-refractivity contribution in [1.82, 2.24) is 9.97 Å². The second kappa shape index (κ2) is 6.05. The number of aromatic nitrogens is 2. The Morgan fingerprint density at radius 3 is 2.68 bits per heavy atom. The predicted octanol–water partition coefficient (Wildman–Crippen LogP) is 3.39. The highest BCUT2D eigenvalue weighted by Crippen LogP contribution is 2.33. The Kier molecular flexibility index (Phi) is 3.72. The molecule has 1 aliphatic heterocycles. The summed E-state index contributed by atoms with van der Waals surface area (Å²) in [6.07, 6.45) is 0. The van der Waals surface area contributed by atoms with E-state index in [1.807, 2.05) is 49.4 Å². The highest BCUT2D eigenvalue weighted by molar-refractivity contribution is 6.08. The van der Waals surface area contributed by atoms with Crippen molar-refractivity contribution >= 4 is 11.6 Å². The molecule has 3 aromatic rings. The van der Waals surface area contributed by atoms with Crippen molar-refractivity contribution in [3.63, 3.8) is 0 Å². The lowest BCUT2D eigenvalue weighted by Crippen LogP contribution is -2.38. The van der Waals surface area contributed by atoms with Gasteiger partial charge in [-0.15, -0.1) is 0 Å². The van der Waals surface area contributed by atoms with Crippen LogP contribution >= 0.6 is 0 Å². The van der Waals surface area contributed by atoms with Crippen LogP contribution < -0.4 is 9.64 Å². The first kappa shape index (κ1) is 15.4. The maximum atomic E-state index is 13.2. The molecule has 0 aliphatic carbocycles. The van der Waals surface area contributed by atoms with E-state index in [1.165, 1.54) is 0 Å². The van der Waals surface area contributed by atoms with Crippen molar-refractivity contribution in [2.45, 2.75) is 13.8 Å². The van der Waals surface area contributed by atoms with Crippen LogP contribution in [0.25, 0.3) is 11.3 Å². The van der Waals surface area contributed by atoms with E-state index in [2.05, 4.69) is 9.97 Å². The molecule has 0 bridgehead atoms. The smallest absolute Gasteiger partial charge is 0.281 e. The van der Waals surface area contributed by atoms with Gasteiger partial charge in [0.15, 0.2) is 17.3 Å². The number of carbonyl (C=O) groups is 1. The van der Waals surface area contributed by atoms with Crippen molar-refractivity contribution in [3.8, 4) is 17.2 Å². The largest absolute Gasteiger partial charge is 0.474 e. The van der Waals surface area contributed by atoms with Gasteiger partial charge in [-0.25, -0.2) is 9.97 Å². The molecule has 0 saturated carbocycles. The number of carbonyl (C=O) groups excluding carboxylic acids is 1. The molecule has 3 heterocycles. The van der Waals surface area contributed by atoms with Crippen LogP contribution in [0.15, 0.2) is 46.9 Å². The van der Waals surface area contributed by atoms with Crippen molar-refractivity contribution in [3.05, 3.63) is 59.7 Å². The summed E-state index contributed by atoms with van der Waals surface area (Å²) in [5.74, 6) is 1.20. The molecular weight excluding hydrogens is 318 g/mol. The molecule has 0 fully saturated rings. The van der Waals surface area contributed by atoms with Gasteiger partial charge in [0.05, 0.1) is 6.54 Å². The Bertz CT molecular complexity index is 934. The molecule has 1 amide bonds. The van der Waals surface area contributed by atoms with Crippen LogP contribution in [0.1, 0.15) is 22.1 Å². The molecule has 0 N–H and O–H groups in total. The van der Waals surface area contributed by atoms with E-state index in [0.29, 0.717) is 42.1 Å². The first-order valence-corrected chi connectivity index (χ1v) is 8.08. The van der Waals surface area contributed by atoms with Crippen LogP contribution in [0, 0.1) is 13.8 Å². The maximum absolute atomic E-state index is 13.2. The van der Waals surface area contributed by atoms with E-state index in [4.69, 9.17) is 9.15 Å². The number of ether oxygens (including phenoxy) is 1. The van der Waals surface area contributed by atoms with Crippen LogP contribution in [-0.2, 0) is 0 Å². The number of nitrogens with zero attached hydrogens (tertiary/aromatic N) is 3. The summed E-state index contributed by atoms with van der Waals surface area (Å²) >= 11 is 0. The average molecular weight is 335 g/mol. The normalized spacial score (nSPS) is 13.3. The van der Waals surface area contributed by atoms with Crippen molar-refractivity contribution in [2.24, 2.45) is 0 Å². The summed E-state index contributed by atoms with van der Waals surface area (Å²) in [7, 11) is 0. The number of rotatable bonds is 2. The van der Waals surface area contributed by atoms with Gasteiger partial charge in [-0.2, -0.15) is 0 Å². The maximum Gasteiger partial charge on any atom is 0.281 e. The molecule has 1 aliphatic rings. The average Bonchev–Trinajstić information content (AvgIpc) is 3.03. The summed E-state index contributed by atoms with van der Waals surface area (Å²) in [6, 6.07) is 13.2. The minimum Gasteiger partial charge on any atom is -0.474 e. The zero-order valence-electron chi connectivity index (χ0n) is 14.0. The molecule has 4 rings (SSSR count). The number of benzene rings is 1. The summed E-state index contributed by atoms with van der Waals surface area (Å²) in [5, 5.41) is 0. The fraction of sp³-hybridized carbons (Fsp3) is 0.211. The quantitative estimate of drug-likeness (QED) is 0.718. The number of oxazole rings is 1. The lowest BCUT2D eigenvalue weighted by atomic mass is 10.1. The molecule has 1 aromatic carbocycles. The van der Waals surface area contributed by atoms with Gasteiger partial charge in [0, 0.05) is 18.2 Å². The molecule has 6 nitrogen and oxygen atoms in total. The van der Waals surface area contributed by atoms with Crippen molar-refractivity contribution in [2.75, 3.05) is 18.1 Å². The Hall–Kier alpha value is -3.15. The first-order chi connectivity index (χ1) is 12.1. The zero-order valence-corrected chi connectivity index (χ0v) is 14.0. The van der Waals surface area contributed by atoms with E-state index in [-0.39, 0.29) is 5.91 Å². The number of hydrogen-bond donors (Lipinski definition) is 0. The molecule has 25 heavy (non-hydrogen) atoms. The zero-order chi connectivity index (χ0) is 17.4. The fourth-order valence-electron chi connectivity index (χ4n) is 2.89. The third kappa shape index (κ3) is 2.76.